The van der Waals surface area contributed by atoms with Crippen LogP contribution in [0, 0.1) is 5.82 Å². The molecule has 3 aromatic rings. The number of rotatable bonds is 8. The molecule has 13 heteroatoms. The highest BCUT2D eigenvalue weighted by Crippen LogP contribution is 2.38. The van der Waals surface area contributed by atoms with Crippen molar-refractivity contribution in [2.75, 3.05) is 30.3 Å². The van der Waals surface area contributed by atoms with Gasteiger partial charge in [0.25, 0.3) is 0 Å². The van der Waals surface area contributed by atoms with Crippen molar-refractivity contribution in [2.45, 2.75) is 64.8 Å². The fraction of sp³-hybridized carbons (Fsp3) is 0.500. The number of halogens is 2. The number of hydrogen-bond acceptors (Lipinski definition) is 9. The molecule has 2 atom stereocenters. The second-order valence-electron chi connectivity index (χ2n) is 10.3. The van der Waals surface area contributed by atoms with Crippen molar-refractivity contribution in [1.29, 1.82) is 0 Å². The first-order valence-corrected chi connectivity index (χ1v) is 12.8. The molecule has 0 radical (unpaired) electrons. The first kappa shape index (κ1) is 28.0. The van der Waals surface area contributed by atoms with E-state index in [4.69, 9.17) is 15.2 Å². The third-order valence-electron chi connectivity index (χ3n) is 6.11. The Morgan fingerprint density at radius 3 is 2.79 bits per heavy atom. The lowest BCUT2D eigenvalue weighted by molar-refractivity contribution is 0.0517. The summed E-state index contributed by atoms with van der Waals surface area (Å²) in [4.78, 5) is 35.0. The minimum atomic E-state index is -1.20. The van der Waals surface area contributed by atoms with Gasteiger partial charge in [-0.15, -0.1) is 5.10 Å². The number of anilines is 2. The molecule has 1 saturated heterocycles. The zero-order chi connectivity index (χ0) is 28.3. The molecule has 1 fully saturated rings. The third kappa shape index (κ3) is 6.52. The normalized spacial score (nSPS) is 17.4. The van der Waals surface area contributed by atoms with Gasteiger partial charge in [-0.05, 0) is 58.2 Å². The highest BCUT2D eigenvalue weighted by Gasteiger charge is 2.36. The Hall–Kier alpha value is -4.03. The summed E-state index contributed by atoms with van der Waals surface area (Å²) in [6.45, 7) is 7.49. The number of nitrogens with zero attached hydrogens (tertiary/aromatic N) is 5. The number of alkyl halides is 1. The number of nitrogens with one attached hydrogen (secondary N) is 1. The van der Waals surface area contributed by atoms with E-state index >= 15 is 0 Å². The van der Waals surface area contributed by atoms with E-state index in [-0.39, 0.29) is 36.6 Å². The number of aromatic nitrogens is 4. The van der Waals surface area contributed by atoms with Crippen LogP contribution in [0.15, 0.2) is 24.5 Å². The highest BCUT2D eigenvalue weighted by molar-refractivity contribution is 6.00. The number of esters is 1. The van der Waals surface area contributed by atoms with Crippen molar-refractivity contribution >= 4 is 29.3 Å². The smallest absolute Gasteiger partial charge is 0.407 e. The van der Waals surface area contributed by atoms with E-state index in [1.54, 1.807) is 44.9 Å². The van der Waals surface area contributed by atoms with Crippen LogP contribution < -0.4 is 16.0 Å². The van der Waals surface area contributed by atoms with Crippen molar-refractivity contribution in [2.24, 2.45) is 0 Å². The number of aryl methyl sites for hydroxylation is 1. The molecule has 39 heavy (non-hydrogen) atoms. The molecule has 3 N–H and O–H groups in total. The Kier molecular flexibility index (Phi) is 8.17. The maximum absolute atomic E-state index is 14.8. The topological polar surface area (TPSA) is 137 Å². The lowest BCUT2D eigenvalue weighted by Crippen LogP contribution is -2.33. The maximum atomic E-state index is 14.8. The van der Waals surface area contributed by atoms with E-state index in [2.05, 4.69) is 20.4 Å². The SMILES string of the molecule is CCOC(=O)c1c(N)nn2ccc(N3C[C@@H](F)C[C@@H]3c3cc(F)cnc3CCCNC(=O)OC(C)(C)C)nc12. The number of nitrogens with two attached hydrogens (primary N) is 1. The number of alkyl carbamates (subject to hydrolysis) is 1. The van der Waals surface area contributed by atoms with Gasteiger partial charge in [0.15, 0.2) is 11.5 Å². The van der Waals surface area contributed by atoms with Gasteiger partial charge in [-0.2, -0.15) is 0 Å². The van der Waals surface area contributed by atoms with Crippen molar-refractivity contribution in [3.05, 3.63) is 47.2 Å². The Bertz CT molecular complexity index is 1360. The summed E-state index contributed by atoms with van der Waals surface area (Å²) in [6.07, 6.45) is 2.01. The van der Waals surface area contributed by atoms with Gasteiger partial charge in [0.1, 0.15) is 29.0 Å². The minimum absolute atomic E-state index is 0.0162. The van der Waals surface area contributed by atoms with Crippen LogP contribution in [0.1, 0.15) is 68.2 Å². The van der Waals surface area contributed by atoms with Gasteiger partial charge in [0, 0.05) is 24.9 Å². The molecule has 1 aliphatic heterocycles. The second kappa shape index (κ2) is 11.4. The minimum Gasteiger partial charge on any atom is -0.462 e. The average Bonchev–Trinajstić information content (AvgIpc) is 3.40. The van der Waals surface area contributed by atoms with Crippen molar-refractivity contribution < 1.29 is 27.8 Å². The number of amides is 1. The number of carbonyl (C=O) groups excluding carboxylic acids is 2. The predicted octanol–water partition coefficient (Wildman–Crippen LogP) is 3.77. The van der Waals surface area contributed by atoms with Gasteiger partial charge in [0.05, 0.1) is 25.4 Å². The van der Waals surface area contributed by atoms with Gasteiger partial charge in [-0.3, -0.25) is 4.98 Å². The van der Waals surface area contributed by atoms with E-state index in [1.165, 1.54) is 10.6 Å². The number of pyridine rings is 1. The molecule has 3 aromatic heterocycles. The lowest BCUT2D eigenvalue weighted by Gasteiger charge is -2.27. The first-order chi connectivity index (χ1) is 18.5. The van der Waals surface area contributed by atoms with E-state index in [0.717, 1.165) is 6.20 Å². The fourth-order valence-electron chi connectivity index (χ4n) is 4.57. The van der Waals surface area contributed by atoms with Crippen LogP contribution in [0.25, 0.3) is 5.65 Å². The number of carbonyl (C=O) groups is 2. The molecule has 0 unspecified atom stereocenters. The summed E-state index contributed by atoms with van der Waals surface area (Å²) in [5, 5.41) is 6.81. The van der Waals surface area contributed by atoms with E-state index in [1.807, 2.05) is 0 Å². The van der Waals surface area contributed by atoms with Gasteiger partial charge in [0.2, 0.25) is 0 Å². The van der Waals surface area contributed by atoms with E-state index in [9.17, 15) is 18.4 Å². The molecule has 4 heterocycles. The van der Waals surface area contributed by atoms with Crippen LogP contribution in [0.2, 0.25) is 0 Å². The summed E-state index contributed by atoms with van der Waals surface area (Å²) in [6, 6.07) is 2.44. The van der Waals surface area contributed by atoms with Crippen LogP contribution >= 0.6 is 0 Å². The number of fused-ring (bicyclic) bond motifs is 1. The van der Waals surface area contributed by atoms with Crippen LogP contribution in [-0.4, -0.2) is 63.1 Å². The molecule has 0 saturated carbocycles. The van der Waals surface area contributed by atoms with Crippen LogP contribution in [0.4, 0.5) is 25.2 Å². The van der Waals surface area contributed by atoms with Crippen molar-refractivity contribution in [3.63, 3.8) is 0 Å². The number of ether oxygens (including phenoxy) is 2. The molecular formula is C26H33F2N7O4. The van der Waals surface area contributed by atoms with Crippen LogP contribution in [0.5, 0.6) is 0 Å². The molecule has 1 amide bonds. The van der Waals surface area contributed by atoms with E-state index in [0.29, 0.717) is 36.5 Å². The Morgan fingerprint density at radius 1 is 1.31 bits per heavy atom. The number of hydrogen-bond donors (Lipinski definition) is 2. The van der Waals surface area contributed by atoms with Crippen molar-refractivity contribution in [3.8, 4) is 0 Å². The maximum Gasteiger partial charge on any atom is 0.407 e. The fourth-order valence-corrected chi connectivity index (χ4v) is 4.57. The summed E-state index contributed by atoms with van der Waals surface area (Å²) < 4.78 is 40.9. The Labute approximate surface area is 224 Å². The zero-order valence-corrected chi connectivity index (χ0v) is 22.4. The first-order valence-electron chi connectivity index (χ1n) is 12.8. The van der Waals surface area contributed by atoms with Gasteiger partial charge >= 0.3 is 12.1 Å². The monoisotopic (exact) mass is 545 g/mol. The van der Waals surface area contributed by atoms with E-state index < -0.39 is 35.7 Å². The molecule has 1 aliphatic rings. The lowest BCUT2D eigenvalue weighted by atomic mass is 9.99. The average molecular weight is 546 g/mol. The summed E-state index contributed by atoms with van der Waals surface area (Å²) >= 11 is 0. The van der Waals surface area contributed by atoms with Crippen LogP contribution in [-0.2, 0) is 15.9 Å². The molecule has 4 rings (SSSR count). The number of nitrogen functional groups attached to an aromatic ring is 1. The zero-order valence-electron chi connectivity index (χ0n) is 22.4. The molecule has 0 aliphatic carbocycles. The van der Waals surface area contributed by atoms with Crippen molar-refractivity contribution in [1.82, 2.24) is 24.9 Å². The Balaban J connectivity index is 1.58. The van der Waals surface area contributed by atoms with Crippen LogP contribution in [0.3, 0.4) is 0 Å². The quantitative estimate of drug-likeness (QED) is 0.320. The molecular weight excluding hydrogens is 512 g/mol. The highest BCUT2D eigenvalue weighted by atomic mass is 19.1. The molecule has 0 bridgehead atoms. The summed E-state index contributed by atoms with van der Waals surface area (Å²) in [5.74, 6) is -0.858. The summed E-state index contributed by atoms with van der Waals surface area (Å²) in [5.41, 5.74) is 6.66. The molecule has 0 aromatic carbocycles. The largest absolute Gasteiger partial charge is 0.462 e. The molecule has 11 nitrogen and oxygen atoms in total. The predicted molar refractivity (Wildman–Crippen MR) is 140 cm³/mol. The van der Waals surface area contributed by atoms with Gasteiger partial charge in [-0.1, -0.05) is 0 Å². The molecule has 0 spiro atoms. The standard InChI is InChI=1S/C26H33F2N7O4/c1-5-38-24(36)21-22(29)33-35-10-8-20(32-23(21)35)34-14-16(28)12-19(34)17-11-15(27)13-31-18(17)7-6-9-30-25(37)39-26(2,3)4/h8,10-11,13,16,19H,5-7,9,12,14H2,1-4H3,(H2,29,33)(H,30,37)/t16-,19+/m0/s1. The molecule has 210 valence electrons. The Morgan fingerprint density at radius 2 is 2.08 bits per heavy atom. The second-order valence-corrected chi connectivity index (χ2v) is 10.3. The van der Waals surface area contributed by atoms with Gasteiger partial charge < -0.3 is 25.4 Å². The summed E-state index contributed by atoms with van der Waals surface area (Å²) in [7, 11) is 0. The third-order valence-corrected chi connectivity index (χ3v) is 6.11. The van der Waals surface area contributed by atoms with Gasteiger partial charge in [-0.25, -0.2) is 27.9 Å².